The van der Waals surface area contributed by atoms with Crippen molar-refractivity contribution >= 4 is 0 Å². The predicted octanol–water partition coefficient (Wildman–Crippen LogP) is 2.69. The largest absolute Gasteiger partial charge is 0.325 e. The lowest BCUT2D eigenvalue weighted by Gasteiger charge is -2.35. The molecule has 1 fully saturated rings. The van der Waals surface area contributed by atoms with E-state index in [-0.39, 0.29) is 0 Å². The van der Waals surface area contributed by atoms with Crippen molar-refractivity contribution in [2.75, 3.05) is 6.54 Å². The molecule has 3 nitrogen and oxygen atoms in total. The van der Waals surface area contributed by atoms with E-state index in [0.29, 0.717) is 6.54 Å². The fraction of sp³-hybridized carbons (Fsp3) is 0.667. The van der Waals surface area contributed by atoms with Crippen molar-refractivity contribution in [3.63, 3.8) is 0 Å². The second-order valence-corrected chi connectivity index (χ2v) is 5.27. The molecular formula is C15H25N3. The summed E-state index contributed by atoms with van der Waals surface area (Å²) in [6, 6.07) is 5.05. The van der Waals surface area contributed by atoms with Crippen LogP contribution in [0.1, 0.15) is 50.3 Å². The lowest BCUT2D eigenvalue weighted by Crippen LogP contribution is -2.38. The van der Waals surface area contributed by atoms with Crippen LogP contribution in [0.15, 0.2) is 18.3 Å². The van der Waals surface area contributed by atoms with Crippen molar-refractivity contribution in [2.45, 2.75) is 58.2 Å². The van der Waals surface area contributed by atoms with Gasteiger partial charge in [-0.15, -0.1) is 0 Å². The van der Waals surface area contributed by atoms with E-state index < -0.39 is 0 Å². The van der Waals surface area contributed by atoms with E-state index in [2.05, 4.69) is 28.9 Å². The fourth-order valence-corrected chi connectivity index (χ4v) is 2.90. The molecule has 0 saturated carbocycles. The van der Waals surface area contributed by atoms with Crippen LogP contribution in [0.3, 0.4) is 0 Å². The quantitative estimate of drug-likeness (QED) is 0.870. The second kappa shape index (κ2) is 6.86. The second-order valence-electron chi connectivity index (χ2n) is 5.27. The Balaban J connectivity index is 2.01. The van der Waals surface area contributed by atoms with E-state index >= 15 is 0 Å². The van der Waals surface area contributed by atoms with Crippen LogP contribution >= 0.6 is 0 Å². The first-order valence-corrected chi connectivity index (χ1v) is 7.21. The smallest absolute Gasteiger partial charge is 0.0542 e. The van der Waals surface area contributed by atoms with Gasteiger partial charge in [0.1, 0.15) is 0 Å². The van der Waals surface area contributed by atoms with Gasteiger partial charge in [-0.3, -0.25) is 9.88 Å². The summed E-state index contributed by atoms with van der Waals surface area (Å²) in [6.07, 6.45) is 8.60. The zero-order valence-electron chi connectivity index (χ0n) is 11.4. The Morgan fingerprint density at radius 2 is 2.33 bits per heavy atom. The number of likely N-dealkylation sites (tertiary alicyclic amines) is 1. The molecule has 100 valence electrons. The minimum absolute atomic E-state index is 0.534. The first-order valence-electron chi connectivity index (χ1n) is 7.21. The number of nitrogens with zero attached hydrogens (tertiary/aromatic N) is 2. The Hall–Kier alpha value is -0.930. The van der Waals surface area contributed by atoms with E-state index in [9.17, 15) is 0 Å². The number of hydrogen-bond donors (Lipinski definition) is 1. The van der Waals surface area contributed by atoms with Gasteiger partial charge in [0.05, 0.1) is 5.69 Å². The standard InChI is InChI=1S/C15H25N3/c1-2-5-15-6-3-4-9-18(15)12-13-7-8-17-14(10-13)11-16/h7-8,10,15H,2-6,9,11-12,16H2,1H3. The molecule has 1 aliphatic heterocycles. The molecule has 3 heteroatoms. The third-order valence-electron chi connectivity index (χ3n) is 3.85. The van der Waals surface area contributed by atoms with Gasteiger partial charge >= 0.3 is 0 Å². The van der Waals surface area contributed by atoms with Crippen molar-refractivity contribution in [2.24, 2.45) is 5.73 Å². The lowest BCUT2D eigenvalue weighted by atomic mass is 9.97. The molecule has 0 amide bonds. The van der Waals surface area contributed by atoms with Gasteiger partial charge in [-0.2, -0.15) is 0 Å². The summed E-state index contributed by atoms with van der Waals surface area (Å²) in [7, 11) is 0. The van der Waals surface area contributed by atoms with Gasteiger partial charge in [-0.1, -0.05) is 19.8 Å². The summed E-state index contributed by atoms with van der Waals surface area (Å²) >= 11 is 0. The number of hydrogen-bond acceptors (Lipinski definition) is 3. The number of rotatable bonds is 5. The van der Waals surface area contributed by atoms with Crippen LogP contribution in [-0.2, 0) is 13.1 Å². The number of pyridine rings is 1. The average molecular weight is 247 g/mol. The number of aromatic nitrogens is 1. The van der Waals surface area contributed by atoms with Crippen LogP contribution in [0.4, 0.5) is 0 Å². The van der Waals surface area contributed by atoms with Gasteiger partial charge in [-0.25, -0.2) is 0 Å². The maximum Gasteiger partial charge on any atom is 0.0542 e. The van der Waals surface area contributed by atoms with Crippen LogP contribution < -0.4 is 5.73 Å². The minimum Gasteiger partial charge on any atom is -0.325 e. The summed E-state index contributed by atoms with van der Waals surface area (Å²) in [5.74, 6) is 0. The molecule has 2 rings (SSSR count). The van der Waals surface area contributed by atoms with Crippen molar-refractivity contribution < 1.29 is 0 Å². The van der Waals surface area contributed by atoms with Crippen molar-refractivity contribution in [1.82, 2.24) is 9.88 Å². The monoisotopic (exact) mass is 247 g/mol. The van der Waals surface area contributed by atoms with Gasteiger partial charge in [0.15, 0.2) is 0 Å². The molecule has 0 aliphatic carbocycles. The number of nitrogens with two attached hydrogens (primary N) is 1. The molecule has 1 atom stereocenters. The van der Waals surface area contributed by atoms with E-state index in [4.69, 9.17) is 5.73 Å². The highest BCUT2D eigenvalue weighted by Gasteiger charge is 2.21. The topological polar surface area (TPSA) is 42.2 Å². The lowest BCUT2D eigenvalue weighted by molar-refractivity contribution is 0.131. The first kappa shape index (κ1) is 13.5. The van der Waals surface area contributed by atoms with Crippen LogP contribution in [0.2, 0.25) is 0 Å². The Morgan fingerprint density at radius 1 is 1.44 bits per heavy atom. The normalized spacial score (nSPS) is 21.1. The van der Waals surface area contributed by atoms with E-state index in [1.165, 1.54) is 44.2 Å². The molecule has 0 radical (unpaired) electrons. The zero-order valence-corrected chi connectivity index (χ0v) is 11.4. The molecule has 1 aromatic heterocycles. The van der Waals surface area contributed by atoms with E-state index in [1.807, 2.05) is 6.20 Å². The molecule has 0 aromatic carbocycles. The molecule has 1 saturated heterocycles. The fourth-order valence-electron chi connectivity index (χ4n) is 2.90. The molecule has 0 spiro atoms. The maximum atomic E-state index is 5.65. The Kier molecular flexibility index (Phi) is 5.14. The third-order valence-corrected chi connectivity index (χ3v) is 3.85. The van der Waals surface area contributed by atoms with Crippen molar-refractivity contribution in [3.05, 3.63) is 29.6 Å². The van der Waals surface area contributed by atoms with E-state index in [0.717, 1.165) is 18.3 Å². The summed E-state index contributed by atoms with van der Waals surface area (Å²) in [5, 5.41) is 0. The highest BCUT2D eigenvalue weighted by Crippen LogP contribution is 2.22. The first-order chi connectivity index (χ1) is 8.83. The highest BCUT2D eigenvalue weighted by atomic mass is 15.2. The van der Waals surface area contributed by atoms with Crippen LogP contribution in [0.5, 0.6) is 0 Å². The van der Waals surface area contributed by atoms with E-state index in [1.54, 1.807) is 0 Å². The molecule has 18 heavy (non-hydrogen) atoms. The Morgan fingerprint density at radius 3 is 3.11 bits per heavy atom. The molecule has 1 aromatic rings. The maximum absolute atomic E-state index is 5.65. The molecule has 1 unspecified atom stereocenters. The van der Waals surface area contributed by atoms with Crippen LogP contribution in [0, 0.1) is 0 Å². The molecule has 0 bridgehead atoms. The third kappa shape index (κ3) is 3.53. The SMILES string of the molecule is CCCC1CCCCN1Cc1ccnc(CN)c1. The Bertz CT molecular complexity index is 363. The van der Waals surface area contributed by atoms with Crippen molar-refractivity contribution in [3.8, 4) is 0 Å². The average Bonchev–Trinajstić information content (AvgIpc) is 2.41. The van der Waals surface area contributed by atoms with Gasteiger partial charge < -0.3 is 5.73 Å². The molecule has 2 heterocycles. The summed E-state index contributed by atoms with van der Waals surface area (Å²) in [4.78, 5) is 6.90. The summed E-state index contributed by atoms with van der Waals surface area (Å²) in [5.41, 5.74) is 8.00. The van der Waals surface area contributed by atoms with Gasteiger partial charge in [0, 0.05) is 25.3 Å². The zero-order chi connectivity index (χ0) is 12.8. The summed E-state index contributed by atoms with van der Waals surface area (Å²) < 4.78 is 0. The van der Waals surface area contributed by atoms with Crippen LogP contribution in [0.25, 0.3) is 0 Å². The van der Waals surface area contributed by atoms with Gasteiger partial charge in [-0.05, 0) is 43.5 Å². The number of piperidine rings is 1. The molecule has 1 aliphatic rings. The van der Waals surface area contributed by atoms with Crippen LogP contribution in [-0.4, -0.2) is 22.5 Å². The Labute approximate surface area is 110 Å². The summed E-state index contributed by atoms with van der Waals surface area (Å²) in [6.45, 7) is 5.11. The van der Waals surface area contributed by atoms with Gasteiger partial charge in [0.2, 0.25) is 0 Å². The van der Waals surface area contributed by atoms with Crippen molar-refractivity contribution in [1.29, 1.82) is 0 Å². The van der Waals surface area contributed by atoms with Gasteiger partial charge in [0.25, 0.3) is 0 Å². The molecule has 2 N–H and O–H groups in total. The molecular weight excluding hydrogens is 222 g/mol. The highest BCUT2D eigenvalue weighted by molar-refractivity contribution is 5.16. The minimum atomic E-state index is 0.534. The predicted molar refractivity (Wildman–Crippen MR) is 75.1 cm³/mol.